The van der Waals surface area contributed by atoms with Crippen molar-refractivity contribution in [3.8, 4) is 0 Å². The van der Waals surface area contributed by atoms with Crippen LogP contribution in [0.1, 0.15) is 28.4 Å². The van der Waals surface area contributed by atoms with E-state index in [-0.39, 0.29) is 0 Å². The smallest absolute Gasteiger partial charge is 0.0833 e. The molecule has 0 bridgehead atoms. The molecule has 1 nitrogen and oxygen atoms in total. The van der Waals surface area contributed by atoms with Crippen molar-refractivity contribution in [1.82, 2.24) is 0 Å². The van der Waals surface area contributed by atoms with Crippen LogP contribution in [0.15, 0.2) is 36.4 Å². The number of hydrogen-bond donors (Lipinski definition) is 1. The van der Waals surface area contributed by atoms with Crippen LogP contribution in [-0.2, 0) is 6.42 Å². The highest BCUT2D eigenvalue weighted by atomic mass is 35.5. The molecule has 1 N–H and O–H groups in total. The molecule has 2 aromatic rings. The van der Waals surface area contributed by atoms with Gasteiger partial charge >= 0.3 is 0 Å². The molecule has 3 heteroatoms. The maximum Gasteiger partial charge on any atom is 0.0833 e. The summed E-state index contributed by atoms with van der Waals surface area (Å²) in [6, 6.07) is 11.4. The van der Waals surface area contributed by atoms with E-state index >= 15 is 0 Å². The summed E-state index contributed by atoms with van der Waals surface area (Å²) in [5.41, 5.74) is 4.02. The van der Waals surface area contributed by atoms with Gasteiger partial charge in [0, 0.05) is 16.5 Å². The van der Waals surface area contributed by atoms with Crippen molar-refractivity contribution >= 4 is 23.2 Å². The summed E-state index contributed by atoms with van der Waals surface area (Å²) >= 11 is 12.1. The zero-order valence-electron chi connectivity index (χ0n) is 11.0. The lowest BCUT2D eigenvalue weighted by molar-refractivity contribution is 0.177. The van der Waals surface area contributed by atoms with Crippen LogP contribution >= 0.6 is 23.2 Å². The van der Waals surface area contributed by atoms with E-state index in [0.29, 0.717) is 16.5 Å². The Bertz CT molecular complexity index is 593. The zero-order valence-corrected chi connectivity index (χ0v) is 12.5. The van der Waals surface area contributed by atoms with Crippen molar-refractivity contribution in [3.05, 3.63) is 68.7 Å². The molecule has 0 heterocycles. The Morgan fingerprint density at radius 3 is 2.53 bits per heavy atom. The summed E-state index contributed by atoms with van der Waals surface area (Å²) in [7, 11) is 0. The summed E-state index contributed by atoms with van der Waals surface area (Å²) in [6.45, 7) is 4.01. The first-order valence-corrected chi connectivity index (χ1v) is 6.92. The molecule has 1 unspecified atom stereocenters. The average Bonchev–Trinajstić information content (AvgIpc) is 2.36. The largest absolute Gasteiger partial charge is 0.388 e. The lowest BCUT2D eigenvalue weighted by atomic mass is 9.96. The van der Waals surface area contributed by atoms with Crippen molar-refractivity contribution < 1.29 is 5.11 Å². The van der Waals surface area contributed by atoms with Gasteiger partial charge in [-0.05, 0) is 48.7 Å². The van der Waals surface area contributed by atoms with Crippen LogP contribution in [0.5, 0.6) is 0 Å². The minimum absolute atomic E-state index is 0.462. The van der Waals surface area contributed by atoms with Gasteiger partial charge in [0.15, 0.2) is 0 Å². The quantitative estimate of drug-likeness (QED) is 0.855. The van der Waals surface area contributed by atoms with E-state index in [4.69, 9.17) is 23.2 Å². The topological polar surface area (TPSA) is 20.2 Å². The molecule has 100 valence electrons. The molecule has 0 aromatic heterocycles. The molecule has 1 atom stereocenters. The van der Waals surface area contributed by atoms with Crippen LogP contribution < -0.4 is 0 Å². The second-order valence-corrected chi connectivity index (χ2v) is 5.66. The molecule has 2 rings (SSSR count). The third-order valence-corrected chi connectivity index (χ3v) is 3.82. The fourth-order valence-electron chi connectivity index (χ4n) is 2.14. The van der Waals surface area contributed by atoms with Crippen LogP contribution in [0, 0.1) is 13.8 Å². The van der Waals surface area contributed by atoms with Crippen LogP contribution in [0.4, 0.5) is 0 Å². The molecule has 2 aromatic carbocycles. The Balaban J connectivity index is 2.27. The molecule has 0 saturated carbocycles. The van der Waals surface area contributed by atoms with Crippen LogP contribution in [0.2, 0.25) is 10.0 Å². The van der Waals surface area contributed by atoms with Crippen molar-refractivity contribution in [1.29, 1.82) is 0 Å². The number of aryl methyl sites for hydroxylation is 2. The van der Waals surface area contributed by atoms with Crippen molar-refractivity contribution in [2.75, 3.05) is 0 Å². The van der Waals surface area contributed by atoms with E-state index in [1.807, 2.05) is 32.0 Å². The molecular formula is C16H16Cl2O. The molecule has 0 saturated heterocycles. The molecular weight excluding hydrogens is 279 g/mol. The molecule has 0 radical (unpaired) electrons. The number of rotatable bonds is 3. The highest BCUT2D eigenvalue weighted by Gasteiger charge is 2.13. The van der Waals surface area contributed by atoms with Gasteiger partial charge in [-0.2, -0.15) is 0 Å². The summed E-state index contributed by atoms with van der Waals surface area (Å²) in [5, 5.41) is 11.7. The third kappa shape index (κ3) is 3.50. The van der Waals surface area contributed by atoms with E-state index < -0.39 is 6.10 Å². The van der Waals surface area contributed by atoms with Gasteiger partial charge in [0.25, 0.3) is 0 Å². The Morgan fingerprint density at radius 1 is 1.05 bits per heavy atom. The molecule has 19 heavy (non-hydrogen) atoms. The van der Waals surface area contributed by atoms with Gasteiger partial charge in [-0.1, -0.05) is 47.0 Å². The standard InChI is InChI=1S/C16H16Cl2O/c1-10-3-4-11(2)14(7-10)16(19)9-12-8-13(17)5-6-15(12)18/h3-8,16,19H,9H2,1-2H3. The normalized spacial score (nSPS) is 12.5. The van der Waals surface area contributed by atoms with Gasteiger partial charge in [0.05, 0.1) is 6.10 Å². The van der Waals surface area contributed by atoms with E-state index in [9.17, 15) is 5.11 Å². The number of aliphatic hydroxyl groups is 1. The fourth-order valence-corrected chi connectivity index (χ4v) is 2.53. The Labute approximate surface area is 123 Å². The highest BCUT2D eigenvalue weighted by Crippen LogP contribution is 2.28. The first-order valence-electron chi connectivity index (χ1n) is 6.16. The van der Waals surface area contributed by atoms with Gasteiger partial charge < -0.3 is 5.11 Å². The van der Waals surface area contributed by atoms with E-state index in [0.717, 1.165) is 22.3 Å². The second-order valence-electron chi connectivity index (χ2n) is 4.82. The molecule has 0 spiro atoms. The molecule has 0 amide bonds. The predicted octanol–water partition coefficient (Wildman–Crippen LogP) is 4.89. The Hall–Kier alpha value is -1.02. The van der Waals surface area contributed by atoms with Crippen molar-refractivity contribution in [3.63, 3.8) is 0 Å². The maximum atomic E-state index is 10.4. The van der Waals surface area contributed by atoms with Crippen LogP contribution in [0.3, 0.4) is 0 Å². The van der Waals surface area contributed by atoms with Crippen molar-refractivity contribution in [2.24, 2.45) is 0 Å². The first-order chi connectivity index (χ1) is 8.97. The van der Waals surface area contributed by atoms with E-state index in [1.165, 1.54) is 0 Å². The summed E-state index contributed by atoms with van der Waals surface area (Å²) in [4.78, 5) is 0. The molecule has 0 fully saturated rings. The summed E-state index contributed by atoms with van der Waals surface area (Å²) in [5.74, 6) is 0. The molecule has 0 aliphatic rings. The number of hydrogen-bond acceptors (Lipinski definition) is 1. The lowest BCUT2D eigenvalue weighted by Crippen LogP contribution is -2.04. The summed E-state index contributed by atoms with van der Waals surface area (Å²) in [6.07, 6.45) is -0.111. The first kappa shape index (κ1) is 14.4. The summed E-state index contributed by atoms with van der Waals surface area (Å²) < 4.78 is 0. The Morgan fingerprint density at radius 2 is 1.79 bits per heavy atom. The van der Waals surface area contributed by atoms with Gasteiger partial charge in [-0.25, -0.2) is 0 Å². The van der Waals surface area contributed by atoms with Gasteiger partial charge in [0.2, 0.25) is 0 Å². The maximum absolute atomic E-state index is 10.4. The minimum Gasteiger partial charge on any atom is -0.388 e. The fraction of sp³-hybridized carbons (Fsp3) is 0.250. The van der Waals surface area contributed by atoms with Crippen LogP contribution in [0.25, 0.3) is 0 Å². The SMILES string of the molecule is Cc1ccc(C)c(C(O)Cc2cc(Cl)ccc2Cl)c1. The van der Waals surface area contributed by atoms with Crippen LogP contribution in [-0.4, -0.2) is 5.11 Å². The monoisotopic (exact) mass is 294 g/mol. The van der Waals surface area contributed by atoms with E-state index in [2.05, 4.69) is 0 Å². The second kappa shape index (κ2) is 5.96. The Kier molecular flexibility index (Phi) is 4.51. The third-order valence-electron chi connectivity index (χ3n) is 3.21. The predicted molar refractivity (Wildman–Crippen MR) is 81.0 cm³/mol. The van der Waals surface area contributed by atoms with E-state index in [1.54, 1.807) is 18.2 Å². The number of aliphatic hydroxyl groups excluding tert-OH is 1. The highest BCUT2D eigenvalue weighted by molar-refractivity contribution is 6.33. The lowest BCUT2D eigenvalue weighted by Gasteiger charge is -2.15. The molecule has 0 aliphatic carbocycles. The minimum atomic E-state index is -0.573. The van der Waals surface area contributed by atoms with Gasteiger partial charge in [0.1, 0.15) is 0 Å². The van der Waals surface area contributed by atoms with Gasteiger partial charge in [-0.15, -0.1) is 0 Å². The van der Waals surface area contributed by atoms with Crippen molar-refractivity contribution in [2.45, 2.75) is 26.4 Å². The number of benzene rings is 2. The average molecular weight is 295 g/mol. The zero-order chi connectivity index (χ0) is 14.0. The van der Waals surface area contributed by atoms with Gasteiger partial charge in [-0.3, -0.25) is 0 Å². The molecule has 0 aliphatic heterocycles. The number of halogens is 2.